The largest absolute Gasteiger partial charge is 0.380 e. The van der Waals surface area contributed by atoms with E-state index in [1.807, 2.05) is 6.07 Å². The van der Waals surface area contributed by atoms with Crippen LogP contribution in [0.1, 0.15) is 0 Å². The summed E-state index contributed by atoms with van der Waals surface area (Å²) in [6.07, 6.45) is 0. The van der Waals surface area contributed by atoms with Crippen LogP contribution in [0, 0.1) is 5.82 Å². The van der Waals surface area contributed by atoms with Crippen molar-refractivity contribution in [3.63, 3.8) is 0 Å². The monoisotopic (exact) mass is 366 g/mol. The maximum Gasteiger partial charge on any atom is 0.179 e. The van der Waals surface area contributed by atoms with Crippen molar-refractivity contribution in [3.8, 4) is 22.5 Å². The van der Waals surface area contributed by atoms with Crippen LogP contribution < -0.4 is 5.73 Å². The van der Waals surface area contributed by atoms with Crippen LogP contribution in [0.15, 0.2) is 51.5 Å². The second-order valence-electron chi connectivity index (χ2n) is 4.41. The first-order chi connectivity index (χ1) is 10.1. The number of nitrogens with two attached hydrogens (primary N) is 1. The Morgan fingerprint density at radius 3 is 2.76 bits per heavy atom. The van der Waals surface area contributed by atoms with Crippen molar-refractivity contribution in [3.05, 3.63) is 57.8 Å². The number of anilines is 1. The van der Waals surface area contributed by atoms with E-state index in [1.165, 1.54) is 6.07 Å². The molecule has 0 saturated heterocycles. The lowest BCUT2D eigenvalue weighted by atomic mass is 10.0. The van der Waals surface area contributed by atoms with Crippen LogP contribution in [0.3, 0.4) is 0 Å². The maximum atomic E-state index is 14.1. The molecular formula is C15H9BrClFN2O. The summed E-state index contributed by atoms with van der Waals surface area (Å²) in [5, 5.41) is 4.30. The highest BCUT2D eigenvalue weighted by atomic mass is 79.9. The fourth-order valence-corrected chi connectivity index (χ4v) is 2.63. The molecule has 2 N–H and O–H groups in total. The zero-order valence-corrected chi connectivity index (χ0v) is 13.0. The fourth-order valence-electron chi connectivity index (χ4n) is 2.08. The molecule has 0 fully saturated rings. The van der Waals surface area contributed by atoms with Crippen LogP contribution in [0.25, 0.3) is 22.5 Å². The molecule has 3 aromatic rings. The Balaban J connectivity index is 2.24. The molecule has 0 atom stereocenters. The van der Waals surface area contributed by atoms with Gasteiger partial charge in [0, 0.05) is 9.50 Å². The van der Waals surface area contributed by atoms with Crippen LogP contribution >= 0.6 is 27.5 Å². The Labute approximate surface area is 133 Å². The van der Waals surface area contributed by atoms with Crippen molar-refractivity contribution in [2.75, 3.05) is 5.73 Å². The van der Waals surface area contributed by atoms with Gasteiger partial charge in [0.25, 0.3) is 0 Å². The van der Waals surface area contributed by atoms with Gasteiger partial charge in [-0.25, -0.2) is 4.39 Å². The molecule has 1 aromatic heterocycles. The van der Waals surface area contributed by atoms with Crippen molar-refractivity contribution in [2.45, 2.75) is 0 Å². The summed E-state index contributed by atoms with van der Waals surface area (Å²) in [6, 6.07) is 11.6. The molecule has 3 rings (SSSR count). The third-order valence-corrected chi connectivity index (χ3v) is 3.73. The summed E-state index contributed by atoms with van der Waals surface area (Å²) in [4.78, 5) is 0. The lowest BCUT2D eigenvalue weighted by molar-refractivity contribution is 0.433. The van der Waals surface area contributed by atoms with E-state index in [0.29, 0.717) is 10.6 Å². The Hall–Kier alpha value is -1.85. The van der Waals surface area contributed by atoms with E-state index in [-0.39, 0.29) is 17.1 Å². The lowest BCUT2D eigenvalue weighted by Gasteiger charge is -2.05. The number of aromatic nitrogens is 1. The molecule has 1 heterocycles. The van der Waals surface area contributed by atoms with Gasteiger partial charge in [0.15, 0.2) is 11.6 Å². The molecule has 0 amide bonds. The summed E-state index contributed by atoms with van der Waals surface area (Å²) < 4.78 is 20.0. The fraction of sp³-hybridized carbons (Fsp3) is 0. The van der Waals surface area contributed by atoms with Crippen LogP contribution in [-0.4, -0.2) is 5.16 Å². The quantitative estimate of drug-likeness (QED) is 0.682. The average molecular weight is 368 g/mol. The van der Waals surface area contributed by atoms with Crippen molar-refractivity contribution in [2.24, 2.45) is 0 Å². The summed E-state index contributed by atoms with van der Waals surface area (Å²) in [6.45, 7) is 0. The molecule has 6 heteroatoms. The van der Waals surface area contributed by atoms with Crippen LogP contribution in [0.2, 0.25) is 5.02 Å². The number of rotatable bonds is 2. The maximum absolute atomic E-state index is 14.1. The SMILES string of the molecule is Nc1noc(-c2cc(Br)ccc2F)c1-c1cccc(Cl)c1. The molecule has 0 aliphatic heterocycles. The van der Waals surface area contributed by atoms with E-state index in [9.17, 15) is 4.39 Å². The number of hydrogen-bond acceptors (Lipinski definition) is 3. The summed E-state index contributed by atoms with van der Waals surface area (Å²) >= 11 is 9.31. The Morgan fingerprint density at radius 1 is 1.19 bits per heavy atom. The van der Waals surface area contributed by atoms with Gasteiger partial charge in [-0.3, -0.25) is 0 Å². The molecule has 0 aliphatic carbocycles. The molecule has 0 unspecified atom stereocenters. The van der Waals surface area contributed by atoms with Gasteiger partial charge in [-0.05, 0) is 35.9 Å². The molecule has 106 valence electrons. The summed E-state index contributed by atoms with van der Waals surface area (Å²) in [5.74, 6) is 0.0397. The zero-order valence-electron chi connectivity index (χ0n) is 10.6. The molecular weight excluding hydrogens is 359 g/mol. The molecule has 0 bridgehead atoms. The molecule has 2 aromatic carbocycles. The predicted molar refractivity (Wildman–Crippen MR) is 84.5 cm³/mol. The molecule has 0 aliphatic rings. The van der Waals surface area contributed by atoms with E-state index in [0.717, 1.165) is 10.0 Å². The van der Waals surface area contributed by atoms with Crippen molar-refractivity contribution in [1.82, 2.24) is 5.16 Å². The van der Waals surface area contributed by atoms with Gasteiger partial charge in [-0.1, -0.05) is 44.8 Å². The van der Waals surface area contributed by atoms with Crippen molar-refractivity contribution in [1.29, 1.82) is 0 Å². The van der Waals surface area contributed by atoms with Crippen LogP contribution in [0.5, 0.6) is 0 Å². The van der Waals surface area contributed by atoms with E-state index in [1.54, 1.807) is 30.3 Å². The number of nitrogen functional groups attached to an aromatic ring is 1. The molecule has 0 saturated carbocycles. The zero-order chi connectivity index (χ0) is 15.0. The van der Waals surface area contributed by atoms with Gasteiger partial charge in [0.05, 0.1) is 11.1 Å². The highest BCUT2D eigenvalue weighted by molar-refractivity contribution is 9.10. The third-order valence-electron chi connectivity index (χ3n) is 3.00. The van der Waals surface area contributed by atoms with Gasteiger partial charge in [0.2, 0.25) is 0 Å². The normalized spacial score (nSPS) is 10.8. The second-order valence-corrected chi connectivity index (χ2v) is 5.76. The minimum atomic E-state index is -0.419. The second kappa shape index (κ2) is 5.50. The van der Waals surface area contributed by atoms with Gasteiger partial charge < -0.3 is 10.3 Å². The van der Waals surface area contributed by atoms with Crippen LogP contribution in [-0.2, 0) is 0 Å². The van der Waals surface area contributed by atoms with Gasteiger partial charge in [-0.2, -0.15) is 0 Å². The number of benzene rings is 2. The lowest BCUT2D eigenvalue weighted by Crippen LogP contribution is -1.90. The minimum absolute atomic E-state index is 0.187. The molecule has 21 heavy (non-hydrogen) atoms. The first-order valence-electron chi connectivity index (χ1n) is 6.03. The Bertz CT molecular complexity index is 819. The van der Waals surface area contributed by atoms with Gasteiger partial charge in [0.1, 0.15) is 5.82 Å². The van der Waals surface area contributed by atoms with Gasteiger partial charge >= 0.3 is 0 Å². The average Bonchev–Trinajstić information content (AvgIpc) is 2.83. The Morgan fingerprint density at radius 2 is 2.00 bits per heavy atom. The summed E-state index contributed by atoms with van der Waals surface area (Å²) in [5.41, 5.74) is 7.39. The first kappa shape index (κ1) is 14.1. The smallest absolute Gasteiger partial charge is 0.179 e. The number of halogens is 3. The molecule has 0 spiro atoms. The van der Waals surface area contributed by atoms with Crippen molar-refractivity contribution >= 4 is 33.3 Å². The van der Waals surface area contributed by atoms with Crippen molar-refractivity contribution < 1.29 is 8.91 Å². The highest BCUT2D eigenvalue weighted by Gasteiger charge is 2.20. The first-order valence-corrected chi connectivity index (χ1v) is 7.20. The molecule has 0 radical (unpaired) electrons. The standard InChI is InChI=1S/C15H9BrClFN2O/c16-9-4-5-12(18)11(7-9)14-13(15(19)20-21-14)8-2-1-3-10(17)6-8/h1-7H,(H2,19,20). The molecule has 3 nitrogen and oxygen atoms in total. The summed E-state index contributed by atoms with van der Waals surface area (Å²) in [7, 11) is 0. The van der Waals surface area contributed by atoms with E-state index < -0.39 is 5.82 Å². The predicted octanol–water partition coefficient (Wildman–Crippen LogP) is 5.15. The van der Waals surface area contributed by atoms with Crippen LogP contribution in [0.4, 0.5) is 10.2 Å². The van der Waals surface area contributed by atoms with E-state index >= 15 is 0 Å². The van der Waals surface area contributed by atoms with E-state index in [4.69, 9.17) is 21.9 Å². The topological polar surface area (TPSA) is 52.0 Å². The minimum Gasteiger partial charge on any atom is -0.380 e. The van der Waals surface area contributed by atoms with E-state index in [2.05, 4.69) is 21.1 Å². The van der Waals surface area contributed by atoms with Gasteiger partial charge in [-0.15, -0.1) is 0 Å². The third kappa shape index (κ3) is 2.66. The Kier molecular flexibility index (Phi) is 3.69. The highest BCUT2D eigenvalue weighted by Crippen LogP contribution is 2.39. The number of nitrogens with zero attached hydrogens (tertiary/aromatic N) is 1. The number of hydrogen-bond donors (Lipinski definition) is 1.